The molecular formula is C15H23NO3S. The summed E-state index contributed by atoms with van der Waals surface area (Å²) < 4.78 is 23.5. The number of aliphatic hydroxyl groups is 1. The topological polar surface area (TPSA) is 66.4 Å². The van der Waals surface area contributed by atoms with Crippen LogP contribution in [0, 0.1) is 5.92 Å². The third kappa shape index (κ3) is 3.52. The molecule has 0 heterocycles. The van der Waals surface area contributed by atoms with E-state index in [9.17, 15) is 8.42 Å². The van der Waals surface area contributed by atoms with Gasteiger partial charge in [-0.05, 0) is 49.4 Å². The molecule has 0 aromatic heterocycles. The summed E-state index contributed by atoms with van der Waals surface area (Å²) in [5.41, 5.74) is 0.954. The smallest absolute Gasteiger partial charge is 0.178 e. The van der Waals surface area contributed by atoms with E-state index in [0.717, 1.165) is 24.9 Å². The zero-order valence-electron chi connectivity index (χ0n) is 11.9. The van der Waals surface area contributed by atoms with Crippen molar-refractivity contribution in [3.63, 3.8) is 0 Å². The Morgan fingerprint density at radius 2 is 1.95 bits per heavy atom. The molecule has 1 saturated carbocycles. The molecule has 2 N–H and O–H groups in total. The van der Waals surface area contributed by atoms with E-state index in [1.807, 2.05) is 12.1 Å². The van der Waals surface area contributed by atoms with Crippen molar-refractivity contribution in [1.29, 1.82) is 0 Å². The van der Waals surface area contributed by atoms with Crippen LogP contribution in [0.15, 0.2) is 29.2 Å². The molecule has 0 spiro atoms. The van der Waals surface area contributed by atoms with Crippen LogP contribution >= 0.6 is 0 Å². The van der Waals surface area contributed by atoms with Crippen molar-refractivity contribution in [2.24, 2.45) is 5.92 Å². The van der Waals surface area contributed by atoms with Crippen LogP contribution in [-0.4, -0.2) is 31.9 Å². The highest BCUT2D eigenvalue weighted by atomic mass is 32.2. The number of hydrogen-bond donors (Lipinski definition) is 2. The fraction of sp³-hybridized carbons (Fsp3) is 0.600. The lowest BCUT2D eigenvalue weighted by Crippen LogP contribution is -2.24. The molecule has 1 fully saturated rings. The zero-order chi connectivity index (χ0) is 14.6. The maximum Gasteiger partial charge on any atom is 0.178 e. The summed E-state index contributed by atoms with van der Waals surface area (Å²) in [6.45, 7) is 1.88. The molecule has 0 aliphatic heterocycles. The predicted molar refractivity (Wildman–Crippen MR) is 80.6 cm³/mol. The van der Waals surface area contributed by atoms with Gasteiger partial charge in [-0.25, -0.2) is 8.42 Å². The van der Waals surface area contributed by atoms with Crippen molar-refractivity contribution in [3.05, 3.63) is 24.3 Å². The van der Waals surface area contributed by atoms with Gasteiger partial charge in [0.25, 0.3) is 0 Å². The third-order valence-corrected chi connectivity index (χ3v) is 5.85. The molecule has 0 amide bonds. The highest BCUT2D eigenvalue weighted by Crippen LogP contribution is 2.31. The molecular weight excluding hydrogens is 274 g/mol. The van der Waals surface area contributed by atoms with Crippen molar-refractivity contribution in [3.8, 4) is 0 Å². The highest BCUT2D eigenvalue weighted by Gasteiger charge is 2.26. The van der Waals surface area contributed by atoms with E-state index in [-0.39, 0.29) is 12.4 Å². The largest absolute Gasteiger partial charge is 0.396 e. The monoisotopic (exact) mass is 297 g/mol. The van der Waals surface area contributed by atoms with Crippen LogP contribution in [0.3, 0.4) is 0 Å². The Balaban J connectivity index is 2.04. The van der Waals surface area contributed by atoms with E-state index in [1.54, 1.807) is 19.1 Å². The number of rotatable bonds is 6. The molecule has 5 heteroatoms. The van der Waals surface area contributed by atoms with Crippen LogP contribution in [0.5, 0.6) is 0 Å². The molecule has 4 nitrogen and oxygen atoms in total. The van der Waals surface area contributed by atoms with Crippen LogP contribution in [0.4, 0.5) is 5.69 Å². The number of anilines is 1. The van der Waals surface area contributed by atoms with Crippen LogP contribution < -0.4 is 5.32 Å². The van der Waals surface area contributed by atoms with Crippen molar-refractivity contribution in [2.75, 3.05) is 17.7 Å². The third-order valence-electron chi connectivity index (χ3n) is 4.10. The van der Waals surface area contributed by atoms with E-state index in [4.69, 9.17) is 5.11 Å². The Kier molecular flexibility index (Phi) is 5.05. The van der Waals surface area contributed by atoms with Gasteiger partial charge in [0.2, 0.25) is 0 Å². The summed E-state index contributed by atoms with van der Waals surface area (Å²) in [6.07, 6.45) is 4.28. The van der Waals surface area contributed by atoms with Gasteiger partial charge in [-0.1, -0.05) is 13.3 Å². The van der Waals surface area contributed by atoms with Gasteiger partial charge in [0.1, 0.15) is 0 Å². The van der Waals surface area contributed by atoms with E-state index in [0.29, 0.717) is 16.9 Å². The second-order valence-corrected chi connectivity index (χ2v) is 7.66. The van der Waals surface area contributed by atoms with E-state index in [1.165, 1.54) is 6.42 Å². The summed E-state index contributed by atoms with van der Waals surface area (Å²) in [5, 5.41) is 12.5. The molecule has 2 unspecified atom stereocenters. The summed E-state index contributed by atoms with van der Waals surface area (Å²) in [5.74, 6) is 0.639. The van der Waals surface area contributed by atoms with E-state index in [2.05, 4.69) is 5.32 Å². The average molecular weight is 297 g/mol. The zero-order valence-corrected chi connectivity index (χ0v) is 12.7. The molecule has 0 bridgehead atoms. The molecule has 1 aliphatic carbocycles. The first kappa shape index (κ1) is 15.3. The highest BCUT2D eigenvalue weighted by molar-refractivity contribution is 7.91. The van der Waals surface area contributed by atoms with Gasteiger partial charge in [0, 0.05) is 18.3 Å². The number of nitrogens with one attached hydrogen (secondary N) is 1. The predicted octanol–water partition coefficient (Wildman–Crippen LogP) is 2.44. The molecule has 0 saturated heterocycles. The lowest BCUT2D eigenvalue weighted by molar-refractivity contribution is 0.254. The average Bonchev–Trinajstić information content (AvgIpc) is 2.87. The molecule has 20 heavy (non-hydrogen) atoms. The molecule has 1 aromatic rings. The minimum atomic E-state index is -3.12. The number of sulfone groups is 1. The maximum atomic E-state index is 11.7. The van der Waals surface area contributed by atoms with Gasteiger partial charge in [-0.2, -0.15) is 0 Å². The Morgan fingerprint density at radius 1 is 1.25 bits per heavy atom. The Bertz CT molecular complexity index is 525. The Morgan fingerprint density at radius 3 is 2.55 bits per heavy atom. The van der Waals surface area contributed by atoms with Crippen molar-refractivity contribution < 1.29 is 13.5 Å². The maximum absolute atomic E-state index is 11.7. The molecule has 1 aliphatic rings. The van der Waals surface area contributed by atoms with Crippen LogP contribution in [0.2, 0.25) is 0 Å². The standard InChI is InChI=1S/C15H23NO3S/c1-2-20(18,19)14-8-6-13(7-9-14)16-15-5-3-4-12(15)10-11-17/h6-9,12,15-17H,2-5,10-11H2,1H3. The summed E-state index contributed by atoms with van der Waals surface area (Å²) in [7, 11) is -3.12. The molecule has 2 atom stereocenters. The fourth-order valence-electron chi connectivity index (χ4n) is 2.88. The minimum Gasteiger partial charge on any atom is -0.396 e. The fourth-order valence-corrected chi connectivity index (χ4v) is 3.76. The van der Waals surface area contributed by atoms with Gasteiger partial charge in [0.15, 0.2) is 9.84 Å². The number of aliphatic hydroxyl groups excluding tert-OH is 1. The van der Waals surface area contributed by atoms with Gasteiger partial charge < -0.3 is 10.4 Å². The lowest BCUT2D eigenvalue weighted by atomic mass is 10.00. The first-order valence-electron chi connectivity index (χ1n) is 7.27. The van der Waals surface area contributed by atoms with Crippen molar-refractivity contribution in [2.45, 2.75) is 43.5 Å². The van der Waals surface area contributed by atoms with E-state index >= 15 is 0 Å². The first-order chi connectivity index (χ1) is 9.56. The van der Waals surface area contributed by atoms with Gasteiger partial charge in [-0.3, -0.25) is 0 Å². The van der Waals surface area contributed by atoms with Gasteiger partial charge in [0.05, 0.1) is 10.6 Å². The summed E-state index contributed by atoms with van der Waals surface area (Å²) in [4.78, 5) is 0.379. The molecule has 1 aromatic carbocycles. The normalized spacial score (nSPS) is 22.9. The lowest BCUT2D eigenvalue weighted by Gasteiger charge is -2.21. The SMILES string of the molecule is CCS(=O)(=O)c1ccc(NC2CCCC2CCO)cc1. The second-order valence-electron chi connectivity index (χ2n) is 5.38. The molecule has 2 rings (SSSR count). The molecule has 112 valence electrons. The summed E-state index contributed by atoms with van der Waals surface area (Å²) >= 11 is 0. The number of hydrogen-bond acceptors (Lipinski definition) is 4. The Labute approximate surface area is 121 Å². The quantitative estimate of drug-likeness (QED) is 0.846. The van der Waals surface area contributed by atoms with Crippen LogP contribution in [-0.2, 0) is 9.84 Å². The molecule has 0 radical (unpaired) electrons. The second kappa shape index (κ2) is 6.59. The van der Waals surface area contributed by atoms with Crippen LogP contribution in [0.1, 0.15) is 32.6 Å². The van der Waals surface area contributed by atoms with E-state index < -0.39 is 9.84 Å². The van der Waals surface area contributed by atoms with Crippen LogP contribution in [0.25, 0.3) is 0 Å². The first-order valence-corrected chi connectivity index (χ1v) is 8.92. The van der Waals surface area contributed by atoms with Gasteiger partial charge in [-0.15, -0.1) is 0 Å². The van der Waals surface area contributed by atoms with Crippen molar-refractivity contribution >= 4 is 15.5 Å². The van der Waals surface area contributed by atoms with Crippen molar-refractivity contribution in [1.82, 2.24) is 0 Å². The summed E-state index contributed by atoms with van der Waals surface area (Å²) in [6, 6.07) is 7.37. The number of benzene rings is 1. The van der Waals surface area contributed by atoms with Gasteiger partial charge >= 0.3 is 0 Å². The Hall–Kier alpha value is -1.07. The minimum absolute atomic E-state index is 0.126.